The van der Waals surface area contributed by atoms with Gasteiger partial charge in [0, 0.05) is 32.4 Å². The fraction of sp³-hybridized carbons (Fsp3) is 0.417. The van der Waals surface area contributed by atoms with Gasteiger partial charge in [0.2, 0.25) is 0 Å². The van der Waals surface area contributed by atoms with E-state index in [0.29, 0.717) is 43.5 Å². The number of aliphatic hydroxyl groups is 1. The summed E-state index contributed by atoms with van der Waals surface area (Å²) in [7, 11) is 0. The number of aliphatic hydroxyl groups excluding tert-OH is 1. The molecule has 7 nitrogen and oxygen atoms in total. The highest BCUT2D eigenvalue weighted by molar-refractivity contribution is 5.35. The van der Waals surface area contributed by atoms with Gasteiger partial charge in [-0.25, -0.2) is 4.98 Å². The molecule has 1 fully saturated rings. The highest BCUT2D eigenvalue weighted by atomic mass is 16.5. The van der Waals surface area contributed by atoms with Crippen molar-refractivity contribution in [1.29, 1.82) is 5.26 Å². The minimum Gasteiger partial charge on any atom is -0.460 e. The summed E-state index contributed by atoms with van der Waals surface area (Å²) < 4.78 is 8.19. The Balaban J connectivity index is 1.48. The van der Waals surface area contributed by atoms with Crippen LogP contribution in [0.1, 0.15) is 31.0 Å². The van der Waals surface area contributed by atoms with Crippen molar-refractivity contribution in [3.8, 4) is 11.8 Å². The van der Waals surface area contributed by atoms with Crippen LogP contribution < -0.4 is 10.5 Å². The number of imidazole rings is 1. The summed E-state index contributed by atoms with van der Waals surface area (Å²) in [6.45, 7) is 4.72. The quantitative estimate of drug-likeness (QED) is 0.716. The Hall–Kier alpha value is -2.92. The SMILES string of the molecule is C[C@@H]1CCN(Cc2cccc(OC3=CC(Cn4cncc4CN)=CCC3C#N)c2)C1O. The zero-order valence-electron chi connectivity index (χ0n) is 17.8. The van der Waals surface area contributed by atoms with E-state index < -0.39 is 6.23 Å². The first-order valence-electron chi connectivity index (χ1n) is 10.8. The van der Waals surface area contributed by atoms with Crippen LogP contribution in [0.25, 0.3) is 0 Å². The predicted octanol–water partition coefficient (Wildman–Crippen LogP) is 2.93. The third-order valence-corrected chi connectivity index (χ3v) is 6.08. The molecule has 2 aromatic rings. The molecule has 0 bridgehead atoms. The van der Waals surface area contributed by atoms with Gasteiger partial charge in [0.25, 0.3) is 0 Å². The van der Waals surface area contributed by atoms with Crippen molar-refractivity contribution in [3.05, 3.63) is 71.5 Å². The lowest BCUT2D eigenvalue weighted by Crippen LogP contribution is -2.31. The van der Waals surface area contributed by atoms with E-state index in [1.165, 1.54) is 0 Å². The molecule has 1 aromatic carbocycles. The highest BCUT2D eigenvalue weighted by Gasteiger charge is 2.29. The highest BCUT2D eigenvalue weighted by Crippen LogP contribution is 2.29. The Kier molecular flexibility index (Phi) is 6.52. The first-order valence-corrected chi connectivity index (χ1v) is 10.8. The monoisotopic (exact) mass is 419 g/mol. The van der Waals surface area contributed by atoms with E-state index in [2.05, 4.69) is 29.0 Å². The summed E-state index contributed by atoms with van der Waals surface area (Å²) >= 11 is 0. The maximum absolute atomic E-state index is 10.3. The van der Waals surface area contributed by atoms with Gasteiger partial charge >= 0.3 is 0 Å². The zero-order valence-corrected chi connectivity index (χ0v) is 17.8. The number of nitriles is 1. The maximum Gasteiger partial charge on any atom is 0.127 e. The average molecular weight is 420 g/mol. The van der Waals surface area contributed by atoms with Crippen molar-refractivity contribution in [2.24, 2.45) is 17.6 Å². The van der Waals surface area contributed by atoms with E-state index in [1.54, 1.807) is 12.5 Å². The van der Waals surface area contributed by atoms with E-state index in [4.69, 9.17) is 10.5 Å². The lowest BCUT2D eigenvalue weighted by atomic mass is 9.95. The summed E-state index contributed by atoms with van der Waals surface area (Å²) in [5.74, 6) is 1.34. The summed E-state index contributed by atoms with van der Waals surface area (Å²) in [4.78, 5) is 6.25. The normalized spacial score (nSPS) is 23.9. The third-order valence-electron chi connectivity index (χ3n) is 6.08. The van der Waals surface area contributed by atoms with Crippen LogP contribution in [0.5, 0.6) is 5.75 Å². The molecule has 0 spiro atoms. The summed E-state index contributed by atoms with van der Waals surface area (Å²) in [6, 6.07) is 10.2. The molecule has 7 heteroatoms. The smallest absolute Gasteiger partial charge is 0.127 e. The van der Waals surface area contributed by atoms with Crippen LogP contribution in [0.4, 0.5) is 0 Å². The molecule has 1 aliphatic carbocycles. The van der Waals surface area contributed by atoms with Crippen LogP contribution >= 0.6 is 0 Å². The predicted molar refractivity (Wildman–Crippen MR) is 117 cm³/mol. The minimum atomic E-state index is -0.400. The van der Waals surface area contributed by atoms with Gasteiger partial charge in [-0.15, -0.1) is 0 Å². The van der Waals surface area contributed by atoms with Gasteiger partial charge in [-0.05, 0) is 48.1 Å². The Morgan fingerprint density at radius 1 is 1.35 bits per heavy atom. The molecule has 2 aliphatic rings. The van der Waals surface area contributed by atoms with E-state index in [-0.39, 0.29) is 5.92 Å². The van der Waals surface area contributed by atoms with E-state index >= 15 is 0 Å². The molecule has 2 unspecified atom stereocenters. The molecule has 1 aliphatic heterocycles. The molecule has 0 saturated carbocycles. The number of benzene rings is 1. The van der Waals surface area contributed by atoms with Crippen molar-refractivity contribution in [3.63, 3.8) is 0 Å². The van der Waals surface area contributed by atoms with Crippen LogP contribution in [0.2, 0.25) is 0 Å². The molecule has 0 amide bonds. The van der Waals surface area contributed by atoms with Crippen molar-refractivity contribution in [2.45, 2.75) is 45.6 Å². The number of hydrogen-bond donors (Lipinski definition) is 2. The first kappa shape index (κ1) is 21.3. The molecule has 1 aromatic heterocycles. The Labute approximate surface area is 183 Å². The Morgan fingerprint density at radius 3 is 2.97 bits per heavy atom. The van der Waals surface area contributed by atoms with Gasteiger partial charge in [0.15, 0.2) is 0 Å². The lowest BCUT2D eigenvalue weighted by molar-refractivity contribution is 0.00753. The second-order valence-corrected chi connectivity index (χ2v) is 8.36. The van der Waals surface area contributed by atoms with Gasteiger partial charge in [-0.1, -0.05) is 25.1 Å². The number of allylic oxidation sites excluding steroid dienone is 4. The van der Waals surface area contributed by atoms with Crippen LogP contribution in [0, 0.1) is 23.2 Å². The fourth-order valence-corrected chi connectivity index (χ4v) is 4.17. The number of nitrogens with zero attached hydrogens (tertiary/aromatic N) is 4. The molecule has 3 atom stereocenters. The van der Waals surface area contributed by atoms with Crippen LogP contribution in [0.15, 0.2) is 60.3 Å². The number of nitrogens with two attached hydrogens (primary N) is 1. The molecular formula is C24H29N5O2. The van der Waals surface area contributed by atoms with Gasteiger partial charge in [-0.3, -0.25) is 4.90 Å². The zero-order chi connectivity index (χ0) is 21.8. The standard InChI is InChI=1S/C24H29N5O2/c1-17-7-8-28(24(17)30)14-18-3-2-4-22(9-18)31-23-10-19(5-6-20(23)11-25)15-29-16-27-13-21(29)12-26/h2-5,9-10,13,16-17,20,24,30H,6-8,12,14-15,26H2,1H3/t17-,20?,24?/m1/s1. The van der Waals surface area contributed by atoms with Gasteiger partial charge in [0.1, 0.15) is 23.7 Å². The number of rotatable bonds is 7. The van der Waals surface area contributed by atoms with Crippen molar-refractivity contribution >= 4 is 0 Å². The fourth-order valence-electron chi connectivity index (χ4n) is 4.17. The topological polar surface area (TPSA) is 100 Å². The molecule has 4 rings (SSSR count). The second kappa shape index (κ2) is 9.48. The maximum atomic E-state index is 10.3. The number of hydrogen-bond acceptors (Lipinski definition) is 6. The van der Waals surface area contributed by atoms with Crippen LogP contribution in [0.3, 0.4) is 0 Å². The van der Waals surface area contributed by atoms with Gasteiger partial charge in [0.05, 0.1) is 18.1 Å². The third kappa shape index (κ3) is 4.88. The molecule has 31 heavy (non-hydrogen) atoms. The number of aromatic nitrogens is 2. The average Bonchev–Trinajstić information content (AvgIpc) is 3.35. The Bertz CT molecular complexity index is 1020. The molecule has 162 valence electrons. The van der Waals surface area contributed by atoms with Crippen LogP contribution in [-0.4, -0.2) is 32.3 Å². The van der Waals surface area contributed by atoms with E-state index in [1.807, 2.05) is 34.9 Å². The summed E-state index contributed by atoms with van der Waals surface area (Å²) in [5.41, 5.74) is 8.89. The second-order valence-electron chi connectivity index (χ2n) is 8.36. The number of ether oxygens (including phenoxy) is 1. The summed E-state index contributed by atoms with van der Waals surface area (Å²) in [5, 5.41) is 19.9. The molecular weight excluding hydrogens is 390 g/mol. The Morgan fingerprint density at radius 2 is 2.23 bits per heavy atom. The van der Waals surface area contributed by atoms with Crippen molar-refractivity contribution < 1.29 is 9.84 Å². The molecule has 2 heterocycles. The van der Waals surface area contributed by atoms with E-state index in [0.717, 1.165) is 29.8 Å². The van der Waals surface area contributed by atoms with Crippen molar-refractivity contribution in [2.75, 3.05) is 6.54 Å². The largest absolute Gasteiger partial charge is 0.460 e. The number of likely N-dealkylation sites (tertiary alicyclic amines) is 1. The minimum absolute atomic E-state index is 0.295. The van der Waals surface area contributed by atoms with E-state index in [9.17, 15) is 10.4 Å². The van der Waals surface area contributed by atoms with Crippen LogP contribution in [-0.2, 0) is 19.6 Å². The van der Waals surface area contributed by atoms with Crippen molar-refractivity contribution in [1.82, 2.24) is 14.5 Å². The summed E-state index contributed by atoms with van der Waals surface area (Å²) in [6.07, 6.45) is 8.79. The molecule has 1 saturated heterocycles. The lowest BCUT2D eigenvalue weighted by Gasteiger charge is -2.23. The van der Waals surface area contributed by atoms with Gasteiger partial charge < -0.3 is 20.1 Å². The molecule has 0 radical (unpaired) electrons. The van der Waals surface area contributed by atoms with Gasteiger partial charge in [-0.2, -0.15) is 5.26 Å². The first-order chi connectivity index (χ1) is 15.1. The molecule has 3 N–H and O–H groups in total.